The number of piperidine rings is 1. The second kappa shape index (κ2) is 10.6. The number of benzene rings is 2. The molecule has 36 heavy (non-hydrogen) atoms. The van der Waals surface area contributed by atoms with E-state index in [0.29, 0.717) is 28.3 Å². The zero-order valence-corrected chi connectivity index (χ0v) is 20.8. The number of imidazole rings is 1. The molecule has 0 atom stereocenters. The fraction of sp³-hybridized carbons (Fsp3) is 0.296. The quantitative estimate of drug-likeness (QED) is 0.353. The van der Waals surface area contributed by atoms with E-state index in [1.54, 1.807) is 18.3 Å². The molecule has 4 aromatic rings. The average molecular weight is 506 g/mol. The molecule has 2 N–H and O–H groups in total. The van der Waals surface area contributed by atoms with E-state index in [9.17, 15) is 4.79 Å². The number of rotatable bonds is 8. The molecule has 0 amide bonds. The van der Waals surface area contributed by atoms with Gasteiger partial charge in [-0.05, 0) is 42.7 Å². The second-order valence-corrected chi connectivity index (χ2v) is 9.46. The Morgan fingerprint density at radius 2 is 1.89 bits per heavy atom. The summed E-state index contributed by atoms with van der Waals surface area (Å²) in [5.41, 5.74) is 4.49. The van der Waals surface area contributed by atoms with Crippen molar-refractivity contribution in [3.05, 3.63) is 71.4 Å². The molecule has 0 aliphatic carbocycles. The van der Waals surface area contributed by atoms with E-state index in [-0.39, 0.29) is 6.61 Å². The molecule has 0 unspecified atom stereocenters. The molecule has 9 heteroatoms. The number of carboxylic acid groups (broad SMARTS) is 1. The summed E-state index contributed by atoms with van der Waals surface area (Å²) in [5, 5.41) is 9.37. The number of fused-ring (bicyclic) bond motifs is 1. The molecule has 1 aliphatic rings. The maximum absolute atomic E-state index is 10.7. The van der Waals surface area contributed by atoms with Crippen molar-refractivity contribution in [2.45, 2.75) is 25.4 Å². The molecule has 5 rings (SSSR count). The van der Waals surface area contributed by atoms with Crippen LogP contribution in [-0.2, 0) is 11.3 Å². The number of likely N-dealkylation sites (tertiary alicyclic amines) is 1. The third-order valence-electron chi connectivity index (χ3n) is 6.64. The van der Waals surface area contributed by atoms with Crippen LogP contribution in [0.5, 0.6) is 5.75 Å². The number of hydrogen-bond donors (Lipinski definition) is 2. The average Bonchev–Trinajstić information content (AvgIpc) is 3.33. The normalized spacial score (nSPS) is 14.7. The predicted molar refractivity (Wildman–Crippen MR) is 141 cm³/mol. The molecule has 1 saturated heterocycles. The van der Waals surface area contributed by atoms with E-state index in [0.717, 1.165) is 49.2 Å². The molecule has 0 radical (unpaired) electrons. The number of anilines is 1. The summed E-state index contributed by atoms with van der Waals surface area (Å²) in [5.74, 6) is 0.132. The first-order chi connectivity index (χ1) is 17.5. The largest absolute Gasteiger partial charge is 0.482 e. The van der Waals surface area contributed by atoms with E-state index in [1.807, 2.05) is 12.1 Å². The molecule has 1 aliphatic heterocycles. The molecule has 0 spiro atoms. The maximum atomic E-state index is 10.7. The minimum absolute atomic E-state index is 0.359. The number of H-pyrrole nitrogens is 1. The molecule has 0 bridgehead atoms. The minimum atomic E-state index is -1.02. The highest BCUT2D eigenvalue weighted by atomic mass is 35.5. The van der Waals surface area contributed by atoms with Crippen molar-refractivity contribution in [1.82, 2.24) is 19.9 Å². The SMILES string of the molecule is CN(c1c(Cl)cnc2nc(-c3ccc(OCC(=O)O)cc3)[nH]c12)C1CCN(Cc2ccccc2)CC1. The van der Waals surface area contributed by atoms with Gasteiger partial charge in [0.1, 0.15) is 17.1 Å². The number of pyridine rings is 1. The van der Waals surface area contributed by atoms with E-state index in [2.05, 4.69) is 62.1 Å². The topological polar surface area (TPSA) is 94.6 Å². The van der Waals surface area contributed by atoms with Crippen LogP contribution in [0.4, 0.5) is 5.69 Å². The minimum Gasteiger partial charge on any atom is -0.482 e. The van der Waals surface area contributed by atoms with Crippen molar-refractivity contribution >= 4 is 34.4 Å². The summed E-state index contributed by atoms with van der Waals surface area (Å²) < 4.78 is 5.22. The molecule has 3 heterocycles. The fourth-order valence-electron chi connectivity index (χ4n) is 4.75. The Hall–Kier alpha value is -3.62. The van der Waals surface area contributed by atoms with Gasteiger partial charge in [-0.25, -0.2) is 14.8 Å². The monoisotopic (exact) mass is 505 g/mol. The fourth-order valence-corrected chi connectivity index (χ4v) is 5.02. The molecule has 186 valence electrons. The Morgan fingerprint density at radius 3 is 2.58 bits per heavy atom. The van der Waals surface area contributed by atoms with Crippen LogP contribution in [0.3, 0.4) is 0 Å². The van der Waals surface area contributed by atoms with Gasteiger partial charge in [-0.15, -0.1) is 0 Å². The summed E-state index contributed by atoms with van der Waals surface area (Å²) in [7, 11) is 2.09. The van der Waals surface area contributed by atoms with Crippen LogP contribution >= 0.6 is 11.6 Å². The van der Waals surface area contributed by atoms with Crippen molar-refractivity contribution in [3.8, 4) is 17.1 Å². The lowest BCUT2D eigenvalue weighted by Crippen LogP contribution is -2.43. The van der Waals surface area contributed by atoms with E-state index < -0.39 is 5.97 Å². The first-order valence-electron chi connectivity index (χ1n) is 12.0. The first kappa shape index (κ1) is 24.1. The van der Waals surface area contributed by atoms with Crippen LogP contribution in [0.15, 0.2) is 60.8 Å². The second-order valence-electron chi connectivity index (χ2n) is 9.05. The van der Waals surface area contributed by atoms with Gasteiger partial charge in [0, 0.05) is 38.3 Å². The summed E-state index contributed by atoms with van der Waals surface area (Å²) >= 11 is 6.66. The van der Waals surface area contributed by atoms with Gasteiger partial charge in [0.2, 0.25) is 0 Å². The van der Waals surface area contributed by atoms with Gasteiger partial charge >= 0.3 is 5.97 Å². The van der Waals surface area contributed by atoms with Gasteiger partial charge < -0.3 is 19.7 Å². The third kappa shape index (κ3) is 5.29. The molecule has 2 aromatic heterocycles. The number of carbonyl (C=O) groups is 1. The van der Waals surface area contributed by atoms with Crippen LogP contribution in [0, 0.1) is 0 Å². The van der Waals surface area contributed by atoms with Crippen LogP contribution in [0.25, 0.3) is 22.6 Å². The van der Waals surface area contributed by atoms with Crippen molar-refractivity contribution < 1.29 is 14.6 Å². The lowest BCUT2D eigenvalue weighted by molar-refractivity contribution is -0.139. The Labute approximate surface area is 214 Å². The number of nitrogens with zero attached hydrogens (tertiary/aromatic N) is 4. The van der Waals surface area contributed by atoms with E-state index >= 15 is 0 Å². The molecule has 8 nitrogen and oxygen atoms in total. The zero-order valence-electron chi connectivity index (χ0n) is 20.0. The summed E-state index contributed by atoms with van der Waals surface area (Å²) in [4.78, 5) is 28.0. The van der Waals surface area contributed by atoms with Gasteiger partial charge in [-0.1, -0.05) is 41.9 Å². The summed E-state index contributed by atoms with van der Waals surface area (Å²) in [6, 6.07) is 18.1. The Balaban J connectivity index is 1.32. The van der Waals surface area contributed by atoms with Gasteiger partial charge in [-0.3, -0.25) is 4.90 Å². The van der Waals surface area contributed by atoms with Crippen LogP contribution in [0.1, 0.15) is 18.4 Å². The maximum Gasteiger partial charge on any atom is 0.341 e. The third-order valence-corrected chi connectivity index (χ3v) is 6.92. The van der Waals surface area contributed by atoms with Crippen molar-refractivity contribution in [2.24, 2.45) is 0 Å². The highest BCUT2D eigenvalue weighted by Crippen LogP contribution is 2.35. The number of halogens is 1. The van der Waals surface area contributed by atoms with E-state index in [4.69, 9.17) is 21.4 Å². The summed E-state index contributed by atoms with van der Waals surface area (Å²) in [6.07, 6.45) is 3.75. The van der Waals surface area contributed by atoms with Gasteiger partial charge in [0.05, 0.1) is 16.9 Å². The number of aromatic amines is 1. The number of hydrogen-bond acceptors (Lipinski definition) is 6. The van der Waals surface area contributed by atoms with Crippen molar-refractivity contribution in [2.75, 3.05) is 31.6 Å². The standard InChI is InChI=1S/C27H28ClN5O3/c1-32(20-11-13-33(14-12-20)16-18-5-3-2-4-6-18)25-22(28)15-29-27-24(25)30-26(31-27)19-7-9-21(10-8-19)36-17-23(34)35/h2-10,15,20H,11-14,16-17H2,1H3,(H,34,35)(H,29,30,31). The highest BCUT2D eigenvalue weighted by molar-refractivity contribution is 6.34. The van der Waals surface area contributed by atoms with Gasteiger partial charge in [-0.2, -0.15) is 0 Å². The number of carboxylic acids is 1. The Kier molecular flexibility index (Phi) is 7.06. The predicted octanol–water partition coefficient (Wildman–Crippen LogP) is 4.84. The number of ether oxygens (including phenoxy) is 1. The van der Waals surface area contributed by atoms with E-state index in [1.165, 1.54) is 5.56 Å². The molecular weight excluding hydrogens is 478 g/mol. The van der Waals surface area contributed by atoms with Gasteiger partial charge in [0.25, 0.3) is 0 Å². The van der Waals surface area contributed by atoms with Crippen LogP contribution in [-0.4, -0.2) is 63.7 Å². The number of aromatic nitrogens is 3. The van der Waals surface area contributed by atoms with Crippen molar-refractivity contribution in [3.63, 3.8) is 0 Å². The summed E-state index contributed by atoms with van der Waals surface area (Å²) in [6.45, 7) is 2.65. The molecular formula is C27H28ClN5O3. The van der Waals surface area contributed by atoms with Crippen molar-refractivity contribution in [1.29, 1.82) is 0 Å². The van der Waals surface area contributed by atoms with Crippen LogP contribution < -0.4 is 9.64 Å². The smallest absolute Gasteiger partial charge is 0.341 e. The Bertz CT molecular complexity index is 1340. The Morgan fingerprint density at radius 1 is 1.17 bits per heavy atom. The number of aliphatic carboxylic acids is 1. The lowest BCUT2D eigenvalue weighted by Gasteiger charge is -2.38. The van der Waals surface area contributed by atoms with Gasteiger partial charge in [0.15, 0.2) is 12.3 Å². The zero-order chi connectivity index (χ0) is 25.1. The number of nitrogens with one attached hydrogen (secondary N) is 1. The molecule has 0 saturated carbocycles. The van der Waals surface area contributed by atoms with Crippen LogP contribution in [0.2, 0.25) is 5.02 Å². The highest BCUT2D eigenvalue weighted by Gasteiger charge is 2.26. The molecule has 2 aromatic carbocycles. The molecule has 1 fully saturated rings. The lowest BCUT2D eigenvalue weighted by atomic mass is 10.0. The first-order valence-corrected chi connectivity index (χ1v) is 12.3.